The van der Waals surface area contributed by atoms with E-state index in [1.807, 2.05) is 49.2 Å². The third kappa shape index (κ3) is 4.71. The minimum absolute atomic E-state index is 0.0489. The van der Waals surface area contributed by atoms with Crippen LogP contribution < -0.4 is 0 Å². The van der Waals surface area contributed by atoms with Crippen molar-refractivity contribution in [2.75, 3.05) is 19.6 Å². The first kappa shape index (κ1) is 23.2. The first-order valence-electron chi connectivity index (χ1n) is 11.4. The Morgan fingerprint density at radius 2 is 1.76 bits per heavy atom. The molecule has 0 N–H and O–H groups in total. The molecule has 8 nitrogen and oxygen atoms in total. The maximum absolute atomic E-state index is 13.6. The summed E-state index contributed by atoms with van der Waals surface area (Å²) in [4.78, 5) is 40.6. The molecule has 0 saturated carbocycles. The van der Waals surface area contributed by atoms with Gasteiger partial charge in [-0.3, -0.25) is 19.7 Å². The maximum Gasteiger partial charge on any atom is 0.269 e. The minimum Gasteiger partial charge on any atom is -0.348 e. The fraction of sp³-hybridized carbons (Fsp3) is 0.308. The van der Waals surface area contributed by atoms with Crippen LogP contribution in [0, 0.1) is 17.0 Å². The van der Waals surface area contributed by atoms with Gasteiger partial charge in [0.05, 0.1) is 11.0 Å². The van der Waals surface area contributed by atoms with Gasteiger partial charge in [0.2, 0.25) is 5.91 Å². The van der Waals surface area contributed by atoms with Gasteiger partial charge in [-0.15, -0.1) is 0 Å². The molecule has 3 aromatic rings. The van der Waals surface area contributed by atoms with Crippen LogP contribution in [0.15, 0.2) is 66.9 Å². The van der Waals surface area contributed by atoms with Crippen molar-refractivity contribution in [3.8, 4) is 0 Å². The Hall–Kier alpha value is -3.94. The number of carbonyl (C=O) groups excluding carboxylic acids is 2. The minimum atomic E-state index is -0.501. The van der Waals surface area contributed by atoms with Crippen molar-refractivity contribution in [3.63, 3.8) is 0 Å². The van der Waals surface area contributed by atoms with Crippen LogP contribution in [-0.4, -0.2) is 50.7 Å². The highest BCUT2D eigenvalue weighted by atomic mass is 16.6. The Bertz CT molecular complexity index is 1180. The molecule has 1 atom stereocenters. The van der Waals surface area contributed by atoms with Gasteiger partial charge in [0.15, 0.2) is 0 Å². The zero-order valence-corrected chi connectivity index (χ0v) is 19.4. The molecule has 0 bridgehead atoms. The number of fused-ring (bicyclic) bond motifs is 1. The summed E-state index contributed by atoms with van der Waals surface area (Å²) >= 11 is 0. The van der Waals surface area contributed by atoms with Crippen molar-refractivity contribution in [2.24, 2.45) is 0 Å². The molecule has 0 fully saturated rings. The second-order valence-electron chi connectivity index (χ2n) is 8.56. The van der Waals surface area contributed by atoms with Crippen molar-refractivity contribution >= 4 is 17.5 Å². The van der Waals surface area contributed by atoms with Crippen LogP contribution in [0.4, 0.5) is 5.69 Å². The van der Waals surface area contributed by atoms with Crippen molar-refractivity contribution < 1.29 is 14.5 Å². The Morgan fingerprint density at radius 1 is 1.06 bits per heavy atom. The SMILES string of the molecule is CCCN(CC(=O)N1CCn2cccc2C1c1ccc(C)cc1)C(=O)c1ccc([N+](=O)[O-])cc1. The van der Waals surface area contributed by atoms with Crippen molar-refractivity contribution in [1.82, 2.24) is 14.4 Å². The van der Waals surface area contributed by atoms with Gasteiger partial charge in [-0.25, -0.2) is 0 Å². The standard InChI is InChI=1S/C26H28N4O4/c1-3-14-28(26(32)21-10-12-22(13-11-21)30(33)34)18-24(31)29-17-16-27-15-4-5-23(27)25(29)20-8-6-19(2)7-9-20/h4-13,15,25H,3,14,16-18H2,1-2H3. The highest BCUT2D eigenvalue weighted by molar-refractivity contribution is 5.96. The molecule has 0 aliphatic carbocycles. The molecule has 34 heavy (non-hydrogen) atoms. The molecule has 1 aliphatic rings. The first-order chi connectivity index (χ1) is 16.4. The highest BCUT2D eigenvalue weighted by Crippen LogP contribution is 2.32. The smallest absolute Gasteiger partial charge is 0.269 e. The van der Waals surface area contributed by atoms with Crippen LogP contribution in [-0.2, 0) is 11.3 Å². The number of benzene rings is 2. The number of aromatic nitrogens is 1. The number of nitro groups is 1. The fourth-order valence-electron chi connectivity index (χ4n) is 4.44. The summed E-state index contributed by atoms with van der Waals surface area (Å²) in [5, 5.41) is 10.9. The average Bonchev–Trinajstić information content (AvgIpc) is 3.32. The third-order valence-electron chi connectivity index (χ3n) is 6.18. The maximum atomic E-state index is 13.6. The van der Waals surface area contributed by atoms with Crippen LogP contribution in [0.1, 0.15) is 46.6 Å². The molecule has 176 valence electrons. The summed E-state index contributed by atoms with van der Waals surface area (Å²) in [5.41, 5.74) is 3.48. The zero-order chi connectivity index (χ0) is 24.2. The van der Waals surface area contributed by atoms with Crippen LogP contribution in [0.5, 0.6) is 0 Å². The van der Waals surface area contributed by atoms with E-state index in [4.69, 9.17) is 0 Å². The second kappa shape index (κ2) is 9.91. The van der Waals surface area contributed by atoms with E-state index in [0.29, 0.717) is 31.6 Å². The lowest BCUT2D eigenvalue weighted by atomic mass is 9.98. The largest absolute Gasteiger partial charge is 0.348 e. The van der Waals surface area contributed by atoms with Gasteiger partial charge < -0.3 is 14.4 Å². The number of rotatable bonds is 7. The van der Waals surface area contributed by atoms with Crippen molar-refractivity contribution in [1.29, 1.82) is 0 Å². The Morgan fingerprint density at radius 3 is 2.41 bits per heavy atom. The lowest BCUT2D eigenvalue weighted by Crippen LogP contribution is -2.48. The quantitative estimate of drug-likeness (QED) is 0.391. The molecule has 8 heteroatoms. The number of nitrogens with zero attached hydrogens (tertiary/aromatic N) is 4. The Kier molecular flexibility index (Phi) is 6.77. The zero-order valence-electron chi connectivity index (χ0n) is 19.4. The first-order valence-corrected chi connectivity index (χ1v) is 11.4. The van der Waals surface area contributed by atoms with E-state index in [0.717, 1.165) is 16.8 Å². The summed E-state index contributed by atoms with van der Waals surface area (Å²) in [6.45, 7) is 5.59. The van der Waals surface area contributed by atoms with E-state index in [1.165, 1.54) is 29.2 Å². The molecular formula is C26H28N4O4. The fourth-order valence-corrected chi connectivity index (χ4v) is 4.44. The summed E-state index contributed by atoms with van der Waals surface area (Å²) in [6.07, 6.45) is 2.72. The second-order valence-corrected chi connectivity index (χ2v) is 8.56. The van der Waals surface area contributed by atoms with E-state index in [1.54, 1.807) is 0 Å². The normalized spacial score (nSPS) is 15.0. The van der Waals surface area contributed by atoms with E-state index >= 15 is 0 Å². The highest BCUT2D eigenvalue weighted by Gasteiger charge is 2.33. The monoisotopic (exact) mass is 460 g/mol. The number of hydrogen-bond acceptors (Lipinski definition) is 4. The number of amides is 2. The molecule has 1 unspecified atom stereocenters. The number of hydrogen-bond donors (Lipinski definition) is 0. The predicted molar refractivity (Wildman–Crippen MR) is 128 cm³/mol. The molecule has 1 aliphatic heterocycles. The number of carbonyl (C=O) groups is 2. The van der Waals surface area contributed by atoms with E-state index in [2.05, 4.69) is 16.7 Å². The van der Waals surface area contributed by atoms with Crippen molar-refractivity contribution in [3.05, 3.63) is 99.4 Å². The molecule has 1 aromatic heterocycles. The molecule has 2 amide bonds. The third-order valence-corrected chi connectivity index (χ3v) is 6.18. The molecule has 0 spiro atoms. The molecule has 0 saturated heterocycles. The summed E-state index contributed by atoms with van der Waals surface area (Å²) in [7, 11) is 0. The van der Waals surface area contributed by atoms with E-state index in [9.17, 15) is 19.7 Å². The van der Waals surface area contributed by atoms with Gasteiger partial charge in [0.1, 0.15) is 6.54 Å². The molecular weight excluding hydrogens is 432 g/mol. The molecule has 4 rings (SSSR count). The van der Waals surface area contributed by atoms with Crippen LogP contribution in [0.25, 0.3) is 0 Å². The van der Waals surface area contributed by atoms with Gasteiger partial charge in [0.25, 0.3) is 11.6 Å². The topological polar surface area (TPSA) is 88.7 Å². The van der Waals surface area contributed by atoms with Gasteiger partial charge in [-0.05, 0) is 43.2 Å². The lowest BCUT2D eigenvalue weighted by Gasteiger charge is -2.38. The van der Waals surface area contributed by atoms with Crippen LogP contribution in [0.2, 0.25) is 0 Å². The van der Waals surface area contributed by atoms with Crippen molar-refractivity contribution in [2.45, 2.75) is 32.9 Å². The van der Waals surface area contributed by atoms with Gasteiger partial charge >= 0.3 is 0 Å². The molecule has 2 heterocycles. The van der Waals surface area contributed by atoms with Gasteiger partial charge in [-0.2, -0.15) is 0 Å². The van der Waals surface area contributed by atoms with Crippen LogP contribution in [0.3, 0.4) is 0 Å². The number of aryl methyl sites for hydroxylation is 1. The van der Waals surface area contributed by atoms with Crippen LogP contribution >= 0.6 is 0 Å². The lowest BCUT2D eigenvalue weighted by molar-refractivity contribution is -0.384. The molecule has 2 aromatic carbocycles. The molecule has 0 radical (unpaired) electrons. The number of non-ortho nitro benzene ring substituents is 1. The summed E-state index contributed by atoms with van der Waals surface area (Å²) < 4.78 is 2.17. The van der Waals surface area contributed by atoms with E-state index < -0.39 is 4.92 Å². The Labute approximate surface area is 198 Å². The number of nitro benzene ring substituents is 1. The van der Waals surface area contributed by atoms with E-state index in [-0.39, 0.29) is 30.1 Å². The Balaban J connectivity index is 1.58. The average molecular weight is 461 g/mol. The summed E-state index contributed by atoms with van der Waals surface area (Å²) in [5.74, 6) is -0.431. The van der Waals surface area contributed by atoms with Gasteiger partial charge in [-0.1, -0.05) is 36.8 Å². The van der Waals surface area contributed by atoms with Gasteiger partial charge in [0, 0.05) is 49.2 Å². The predicted octanol–water partition coefficient (Wildman–Crippen LogP) is 4.19. The summed E-state index contributed by atoms with van der Waals surface area (Å²) in [6, 6.07) is 17.5.